The van der Waals surface area contributed by atoms with E-state index in [1.165, 1.54) is 77.9 Å². The quantitative estimate of drug-likeness (QED) is 0.163. The Kier molecular flexibility index (Phi) is 8.13. The van der Waals surface area contributed by atoms with Crippen LogP contribution in [-0.4, -0.2) is 0 Å². The number of hydrogen-bond donors (Lipinski definition) is 0. The highest BCUT2D eigenvalue weighted by Crippen LogP contribution is 2.63. The number of nitrogens with zero attached hydrogens (tertiary/aromatic N) is 1. The minimum absolute atomic E-state index is 0.126. The van der Waals surface area contributed by atoms with Crippen LogP contribution < -0.4 is 4.90 Å². The maximum atomic E-state index is 2.39. The third-order valence-electron chi connectivity index (χ3n) is 13.0. The predicted octanol–water partition coefficient (Wildman–Crippen LogP) is 15.2. The molecule has 59 heavy (non-hydrogen) atoms. The van der Waals surface area contributed by atoms with E-state index in [2.05, 4.69) is 243 Å². The fourth-order valence-electron chi connectivity index (χ4n) is 10.3. The molecular formula is C58H43N. The fraction of sp³-hybridized carbons (Fsp3) is 0.0690. The van der Waals surface area contributed by atoms with Crippen molar-refractivity contribution in [1.29, 1.82) is 0 Å². The van der Waals surface area contributed by atoms with Crippen molar-refractivity contribution in [2.75, 3.05) is 4.90 Å². The second-order valence-corrected chi connectivity index (χ2v) is 16.4. The number of rotatable bonds is 6. The highest BCUT2D eigenvalue weighted by atomic mass is 15.1. The van der Waals surface area contributed by atoms with Gasteiger partial charge in [0.2, 0.25) is 0 Å². The number of benzene rings is 9. The molecule has 0 saturated carbocycles. The molecule has 0 aromatic heterocycles. The molecule has 1 nitrogen and oxygen atoms in total. The molecule has 0 fully saturated rings. The lowest BCUT2D eigenvalue weighted by Crippen LogP contribution is -2.40. The Morgan fingerprint density at radius 3 is 1.12 bits per heavy atom. The molecule has 1 heteroatoms. The van der Waals surface area contributed by atoms with Gasteiger partial charge < -0.3 is 4.90 Å². The van der Waals surface area contributed by atoms with Crippen LogP contribution in [0.5, 0.6) is 0 Å². The molecule has 0 saturated heterocycles. The normalized spacial score (nSPS) is 13.9. The predicted molar refractivity (Wildman–Crippen MR) is 247 cm³/mol. The Balaban J connectivity index is 1.05. The number of fused-ring (bicyclic) bond motifs is 9. The number of anilines is 3. The van der Waals surface area contributed by atoms with Gasteiger partial charge in [-0.05, 0) is 114 Å². The summed E-state index contributed by atoms with van der Waals surface area (Å²) in [6, 6.07) is 82.7. The second-order valence-electron chi connectivity index (χ2n) is 16.4. The van der Waals surface area contributed by atoms with Gasteiger partial charge in [-0.25, -0.2) is 0 Å². The average Bonchev–Trinajstić information content (AvgIpc) is 3.61. The molecule has 9 aromatic carbocycles. The Bertz CT molecular complexity index is 2840. The molecule has 9 aromatic rings. The summed E-state index contributed by atoms with van der Waals surface area (Å²) in [4.78, 5) is 2.37. The molecule has 0 atom stereocenters. The van der Waals surface area contributed by atoms with Crippen LogP contribution in [0.4, 0.5) is 17.1 Å². The van der Waals surface area contributed by atoms with Crippen molar-refractivity contribution in [3.05, 3.63) is 258 Å². The van der Waals surface area contributed by atoms with E-state index in [0.717, 1.165) is 17.1 Å². The van der Waals surface area contributed by atoms with Crippen molar-refractivity contribution in [3.63, 3.8) is 0 Å². The number of hydrogen-bond acceptors (Lipinski definition) is 1. The first-order chi connectivity index (χ1) is 29.0. The smallest absolute Gasteiger partial charge is 0.0719 e. The molecule has 0 heterocycles. The van der Waals surface area contributed by atoms with Crippen molar-refractivity contribution < 1.29 is 0 Å². The lowest BCUT2D eigenvalue weighted by atomic mass is 9.55. The molecule has 280 valence electrons. The molecule has 0 amide bonds. The minimum atomic E-state index is -0.417. The molecule has 0 radical (unpaired) electrons. The molecule has 11 rings (SSSR count). The summed E-state index contributed by atoms with van der Waals surface area (Å²) in [6.07, 6.45) is 0. The van der Waals surface area contributed by atoms with Gasteiger partial charge in [-0.1, -0.05) is 202 Å². The van der Waals surface area contributed by atoms with Crippen molar-refractivity contribution in [1.82, 2.24) is 0 Å². The Labute approximate surface area is 347 Å². The van der Waals surface area contributed by atoms with Crippen LogP contribution >= 0.6 is 0 Å². The van der Waals surface area contributed by atoms with Crippen LogP contribution in [0.1, 0.15) is 47.2 Å². The Hall–Kier alpha value is -7.22. The van der Waals surface area contributed by atoms with E-state index in [9.17, 15) is 0 Å². The maximum Gasteiger partial charge on any atom is 0.0719 e. The van der Waals surface area contributed by atoms with Gasteiger partial charge >= 0.3 is 0 Å². The summed E-state index contributed by atoms with van der Waals surface area (Å²) in [5.74, 6) is 0. The zero-order chi connectivity index (χ0) is 39.6. The van der Waals surface area contributed by atoms with Gasteiger partial charge in [0.25, 0.3) is 0 Å². The summed E-state index contributed by atoms with van der Waals surface area (Å²) in [6.45, 7) is 4.77. The summed E-state index contributed by atoms with van der Waals surface area (Å²) in [5.41, 5.74) is 21.0. The summed E-state index contributed by atoms with van der Waals surface area (Å²) in [5, 5.41) is 0. The van der Waals surface area contributed by atoms with Gasteiger partial charge in [-0.2, -0.15) is 0 Å². The summed E-state index contributed by atoms with van der Waals surface area (Å²) in [7, 11) is 0. The lowest BCUT2D eigenvalue weighted by molar-refractivity contribution is 0.563. The van der Waals surface area contributed by atoms with E-state index >= 15 is 0 Å². The van der Waals surface area contributed by atoms with E-state index in [1.807, 2.05) is 0 Å². The molecule has 0 N–H and O–H groups in total. The van der Waals surface area contributed by atoms with E-state index in [4.69, 9.17) is 0 Å². The first-order valence-electron chi connectivity index (χ1n) is 20.7. The zero-order valence-electron chi connectivity index (χ0n) is 33.3. The van der Waals surface area contributed by atoms with Crippen LogP contribution in [-0.2, 0) is 10.8 Å². The van der Waals surface area contributed by atoms with Crippen molar-refractivity contribution in [2.24, 2.45) is 0 Å². The van der Waals surface area contributed by atoms with Crippen LogP contribution in [0.25, 0.3) is 44.5 Å². The molecule has 2 aliphatic rings. The highest BCUT2D eigenvalue weighted by molar-refractivity contribution is 5.97. The third kappa shape index (κ3) is 5.39. The maximum absolute atomic E-state index is 2.39. The van der Waals surface area contributed by atoms with Crippen LogP contribution in [0.3, 0.4) is 0 Å². The first-order valence-corrected chi connectivity index (χ1v) is 20.7. The van der Waals surface area contributed by atoms with Crippen LogP contribution in [0.2, 0.25) is 0 Å². The summed E-state index contributed by atoms with van der Waals surface area (Å²) >= 11 is 0. The highest BCUT2D eigenvalue weighted by Gasteiger charge is 2.53. The standard InChI is InChI=1S/C58H43N/c1-57(2)51-23-11-13-25-53(51)58(54-26-14-12-24-52(54)57)50-22-10-9-20-49(50)56-48(21-15-27-55(56)58)44-32-38-47(39-33-44)59(45-34-28-42(29-35-45)40-16-5-3-6-17-40)46-36-30-43(31-37-46)41-18-7-4-8-19-41/h3-39H,1-2H3. The summed E-state index contributed by atoms with van der Waals surface area (Å²) < 4.78 is 0. The molecule has 0 bridgehead atoms. The van der Waals surface area contributed by atoms with E-state index < -0.39 is 5.41 Å². The monoisotopic (exact) mass is 753 g/mol. The Morgan fingerprint density at radius 2 is 0.627 bits per heavy atom. The fourth-order valence-corrected chi connectivity index (χ4v) is 10.3. The topological polar surface area (TPSA) is 3.24 Å². The zero-order valence-corrected chi connectivity index (χ0v) is 33.3. The van der Waals surface area contributed by atoms with Crippen LogP contribution in [0, 0.1) is 0 Å². The SMILES string of the molecule is CC1(C)c2ccccc2C2(c3ccccc3-c3c(-c4ccc(N(c5ccc(-c6ccccc6)cc5)c5ccc(-c6ccccc6)cc5)cc4)cccc32)c2ccccc21. The van der Waals surface area contributed by atoms with Gasteiger partial charge in [-0.15, -0.1) is 0 Å². The van der Waals surface area contributed by atoms with Crippen molar-refractivity contribution in [3.8, 4) is 44.5 Å². The van der Waals surface area contributed by atoms with Crippen molar-refractivity contribution >= 4 is 17.1 Å². The van der Waals surface area contributed by atoms with Gasteiger partial charge in [0.15, 0.2) is 0 Å². The van der Waals surface area contributed by atoms with E-state index in [-0.39, 0.29) is 5.41 Å². The largest absolute Gasteiger partial charge is 0.311 e. The van der Waals surface area contributed by atoms with Crippen LogP contribution in [0.15, 0.2) is 224 Å². The third-order valence-corrected chi connectivity index (χ3v) is 13.0. The second kappa shape index (κ2) is 13.7. The molecule has 0 aliphatic heterocycles. The molecule has 0 unspecified atom stereocenters. The molecule has 1 spiro atoms. The average molecular weight is 754 g/mol. The first kappa shape index (κ1) is 35.0. The molecular weight excluding hydrogens is 711 g/mol. The van der Waals surface area contributed by atoms with Gasteiger partial charge in [0, 0.05) is 22.5 Å². The van der Waals surface area contributed by atoms with E-state index in [1.54, 1.807) is 0 Å². The lowest BCUT2D eigenvalue weighted by Gasteiger charge is -2.46. The Morgan fingerprint density at radius 1 is 0.271 bits per heavy atom. The van der Waals surface area contributed by atoms with Gasteiger partial charge in [-0.3, -0.25) is 0 Å². The molecule has 2 aliphatic carbocycles. The van der Waals surface area contributed by atoms with Gasteiger partial charge in [0.05, 0.1) is 5.41 Å². The minimum Gasteiger partial charge on any atom is -0.311 e. The van der Waals surface area contributed by atoms with Gasteiger partial charge in [0.1, 0.15) is 0 Å². The van der Waals surface area contributed by atoms with E-state index in [0.29, 0.717) is 0 Å². The van der Waals surface area contributed by atoms with Crippen molar-refractivity contribution in [2.45, 2.75) is 24.7 Å².